The summed E-state index contributed by atoms with van der Waals surface area (Å²) < 4.78 is 15.7. The Bertz CT molecular complexity index is 895. The lowest BCUT2D eigenvalue weighted by molar-refractivity contribution is -0.148. The second-order valence-electron chi connectivity index (χ2n) is 6.67. The Hall–Kier alpha value is -3.53. The zero-order chi connectivity index (χ0) is 21.4. The van der Waals surface area contributed by atoms with Gasteiger partial charge in [0.25, 0.3) is 5.91 Å². The number of benzene rings is 2. The summed E-state index contributed by atoms with van der Waals surface area (Å²) in [5, 5.41) is 11.9. The van der Waals surface area contributed by atoms with Crippen molar-refractivity contribution in [3.8, 4) is 17.6 Å². The zero-order valence-corrected chi connectivity index (χ0v) is 16.9. The minimum atomic E-state index is -0.853. The maximum Gasteiger partial charge on any atom is 0.329 e. The van der Waals surface area contributed by atoms with E-state index >= 15 is 0 Å². The molecule has 0 radical (unpaired) electrons. The van der Waals surface area contributed by atoms with E-state index in [2.05, 4.69) is 11.4 Å². The molecule has 0 heterocycles. The fourth-order valence-electron chi connectivity index (χ4n) is 2.65. The molecule has 0 saturated heterocycles. The number of carbonyl (C=O) groups excluding carboxylic acids is 2. The van der Waals surface area contributed by atoms with Gasteiger partial charge < -0.3 is 19.5 Å². The van der Waals surface area contributed by atoms with Crippen molar-refractivity contribution in [2.24, 2.45) is 5.92 Å². The van der Waals surface area contributed by atoms with Gasteiger partial charge in [0.05, 0.1) is 25.9 Å². The van der Waals surface area contributed by atoms with Crippen LogP contribution in [0.4, 0.5) is 0 Å². The predicted molar refractivity (Wildman–Crippen MR) is 107 cm³/mol. The van der Waals surface area contributed by atoms with Crippen LogP contribution in [0, 0.1) is 17.2 Å². The van der Waals surface area contributed by atoms with Crippen LogP contribution in [0.25, 0.3) is 0 Å². The van der Waals surface area contributed by atoms with Crippen molar-refractivity contribution in [1.82, 2.24) is 5.32 Å². The van der Waals surface area contributed by atoms with Gasteiger partial charge in [0.2, 0.25) is 0 Å². The summed E-state index contributed by atoms with van der Waals surface area (Å²) in [6, 6.07) is 12.9. The molecule has 0 fully saturated rings. The number of esters is 1. The van der Waals surface area contributed by atoms with Crippen LogP contribution in [-0.4, -0.2) is 32.1 Å². The molecular weight excluding hydrogens is 372 g/mol. The van der Waals surface area contributed by atoms with Gasteiger partial charge in [0.15, 0.2) is 0 Å². The number of methoxy groups -OCH3 is 2. The van der Waals surface area contributed by atoms with E-state index in [1.807, 2.05) is 13.8 Å². The van der Waals surface area contributed by atoms with Crippen LogP contribution in [-0.2, 0) is 16.1 Å². The van der Waals surface area contributed by atoms with Gasteiger partial charge >= 0.3 is 5.97 Å². The number of carbonyl (C=O) groups is 2. The molecule has 0 spiro atoms. The van der Waals surface area contributed by atoms with E-state index in [4.69, 9.17) is 19.5 Å². The molecule has 0 aliphatic rings. The standard InChI is InChI=1S/C22H24N2O5/c1-14(2)20(22(26)29-13-16-8-6-5-7-15(16)12-23)24-21(25)17-9-18(27-3)11-19(10-17)28-4/h5-11,14,20H,13H2,1-4H3,(H,24,25)/t20-/m0/s1. The number of rotatable bonds is 8. The molecule has 0 saturated carbocycles. The number of nitrogens with one attached hydrogen (secondary N) is 1. The first-order valence-corrected chi connectivity index (χ1v) is 9.08. The number of hydrogen-bond acceptors (Lipinski definition) is 6. The van der Waals surface area contributed by atoms with Crippen molar-refractivity contribution < 1.29 is 23.8 Å². The zero-order valence-electron chi connectivity index (χ0n) is 16.9. The largest absolute Gasteiger partial charge is 0.497 e. The van der Waals surface area contributed by atoms with Crippen molar-refractivity contribution in [1.29, 1.82) is 5.26 Å². The summed E-state index contributed by atoms with van der Waals surface area (Å²) in [5.41, 5.74) is 1.35. The molecule has 152 valence electrons. The fourth-order valence-corrected chi connectivity index (χ4v) is 2.65. The summed E-state index contributed by atoms with van der Waals surface area (Å²) >= 11 is 0. The molecule has 0 unspecified atom stereocenters. The average molecular weight is 396 g/mol. The Morgan fingerprint density at radius 1 is 1.07 bits per heavy atom. The molecule has 2 aromatic rings. The van der Waals surface area contributed by atoms with Crippen molar-refractivity contribution in [3.63, 3.8) is 0 Å². The molecule has 0 bridgehead atoms. The number of hydrogen-bond donors (Lipinski definition) is 1. The topological polar surface area (TPSA) is 97.7 Å². The Morgan fingerprint density at radius 3 is 2.24 bits per heavy atom. The van der Waals surface area contributed by atoms with Crippen LogP contribution in [0.3, 0.4) is 0 Å². The summed E-state index contributed by atoms with van der Waals surface area (Å²) in [6.45, 7) is 3.57. The molecule has 7 nitrogen and oxygen atoms in total. The molecule has 0 aromatic heterocycles. The van der Waals surface area contributed by atoms with Crippen molar-refractivity contribution in [3.05, 3.63) is 59.2 Å². The third-order valence-corrected chi connectivity index (χ3v) is 4.33. The lowest BCUT2D eigenvalue weighted by Crippen LogP contribution is -2.45. The highest BCUT2D eigenvalue weighted by Gasteiger charge is 2.27. The lowest BCUT2D eigenvalue weighted by atomic mass is 10.0. The number of amides is 1. The Morgan fingerprint density at radius 2 is 1.69 bits per heavy atom. The maximum absolute atomic E-state index is 12.7. The van der Waals surface area contributed by atoms with E-state index in [9.17, 15) is 9.59 Å². The first kappa shape index (κ1) is 21.8. The van der Waals surface area contributed by atoms with Gasteiger partial charge in [-0.05, 0) is 24.1 Å². The van der Waals surface area contributed by atoms with E-state index < -0.39 is 17.9 Å². The molecule has 29 heavy (non-hydrogen) atoms. The molecule has 1 N–H and O–H groups in total. The highest BCUT2D eigenvalue weighted by Crippen LogP contribution is 2.22. The van der Waals surface area contributed by atoms with E-state index in [1.165, 1.54) is 14.2 Å². The van der Waals surface area contributed by atoms with Gasteiger partial charge in [0, 0.05) is 17.2 Å². The van der Waals surface area contributed by atoms with Crippen molar-refractivity contribution >= 4 is 11.9 Å². The van der Waals surface area contributed by atoms with Crippen LogP contribution in [0.15, 0.2) is 42.5 Å². The Kier molecular flexibility index (Phi) is 7.61. The Balaban J connectivity index is 2.12. The molecule has 2 rings (SSSR count). The van der Waals surface area contributed by atoms with Gasteiger partial charge in [-0.25, -0.2) is 4.79 Å². The average Bonchev–Trinajstić information content (AvgIpc) is 2.74. The highest BCUT2D eigenvalue weighted by molar-refractivity contribution is 5.97. The van der Waals surface area contributed by atoms with Gasteiger partial charge in [-0.3, -0.25) is 4.79 Å². The highest BCUT2D eigenvalue weighted by atomic mass is 16.5. The minimum Gasteiger partial charge on any atom is -0.497 e. The third-order valence-electron chi connectivity index (χ3n) is 4.33. The van der Waals surface area contributed by atoms with E-state index in [1.54, 1.807) is 42.5 Å². The second-order valence-corrected chi connectivity index (χ2v) is 6.67. The van der Waals surface area contributed by atoms with Gasteiger partial charge in [-0.15, -0.1) is 0 Å². The summed E-state index contributed by atoms with van der Waals surface area (Å²) in [4.78, 5) is 25.3. The number of nitrogens with zero attached hydrogens (tertiary/aromatic N) is 1. The molecule has 1 amide bonds. The second kappa shape index (κ2) is 10.1. The SMILES string of the molecule is COc1cc(OC)cc(C(=O)N[C@H](C(=O)OCc2ccccc2C#N)C(C)C)c1. The molecular formula is C22H24N2O5. The quantitative estimate of drug-likeness (QED) is 0.689. The molecule has 1 atom stereocenters. The first-order chi connectivity index (χ1) is 13.9. The number of nitriles is 1. The molecule has 0 aliphatic heterocycles. The van der Waals surface area contributed by atoms with Crippen LogP contribution < -0.4 is 14.8 Å². The Labute approximate surface area is 170 Å². The van der Waals surface area contributed by atoms with Crippen molar-refractivity contribution in [2.45, 2.75) is 26.5 Å². The predicted octanol–water partition coefficient (Wildman–Crippen LogP) is 3.07. The first-order valence-electron chi connectivity index (χ1n) is 9.08. The van der Waals surface area contributed by atoms with Crippen LogP contribution in [0.1, 0.15) is 35.3 Å². The normalized spacial score (nSPS) is 11.3. The van der Waals surface area contributed by atoms with Gasteiger partial charge in [-0.1, -0.05) is 32.0 Å². The van der Waals surface area contributed by atoms with Crippen LogP contribution in [0.5, 0.6) is 11.5 Å². The van der Waals surface area contributed by atoms with Gasteiger partial charge in [0.1, 0.15) is 24.1 Å². The van der Waals surface area contributed by atoms with Crippen LogP contribution in [0.2, 0.25) is 0 Å². The summed E-state index contributed by atoms with van der Waals surface area (Å²) in [5.74, 6) is -0.297. The maximum atomic E-state index is 12.7. The van der Waals surface area contributed by atoms with E-state index in [-0.39, 0.29) is 12.5 Å². The molecule has 0 aliphatic carbocycles. The lowest BCUT2D eigenvalue weighted by Gasteiger charge is -2.21. The smallest absolute Gasteiger partial charge is 0.329 e. The van der Waals surface area contributed by atoms with E-state index in [0.717, 1.165) is 0 Å². The summed E-state index contributed by atoms with van der Waals surface area (Å²) in [6.07, 6.45) is 0. The number of ether oxygens (including phenoxy) is 3. The minimum absolute atomic E-state index is 0.0470. The third kappa shape index (κ3) is 5.72. The van der Waals surface area contributed by atoms with Crippen LogP contribution >= 0.6 is 0 Å². The van der Waals surface area contributed by atoms with Crippen molar-refractivity contribution in [2.75, 3.05) is 14.2 Å². The fraction of sp³-hybridized carbons (Fsp3) is 0.318. The summed E-state index contributed by atoms with van der Waals surface area (Å²) in [7, 11) is 2.98. The van der Waals surface area contributed by atoms with E-state index in [0.29, 0.717) is 28.2 Å². The molecule has 7 heteroatoms. The monoisotopic (exact) mass is 396 g/mol. The molecule has 2 aromatic carbocycles. The van der Waals surface area contributed by atoms with Gasteiger partial charge in [-0.2, -0.15) is 5.26 Å².